The monoisotopic (exact) mass is 221 g/mol. The van der Waals surface area contributed by atoms with E-state index in [9.17, 15) is 4.79 Å². The van der Waals surface area contributed by atoms with Crippen LogP contribution in [0.3, 0.4) is 0 Å². The third-order valence-electron chi connectivity index (χ3n) is 2.66. The smallest absolute Gasteiger partial charge is 0.220 e. The highest BCUT2D eigenvalue weighted by Gasteiger charge is 2.14. The second-order valence-corrected chi connectivity index (χ2v) is 3.94. The van der Waals surface area contributed by atoms with Gasteiger partial charge < -0.3 is 10.5 Å². The highest BCUT2D eigenvalue weighted by Crippen LogP contribution is 2.18. The molecule has 1 unspecified atom stereocenters. The Morgan fingerprint density at radius 1 is 1.50 bits per heavy atom. The molecule has 0 saturated carbocycles. The van der Waals surface area contributed by atoms with E-state index in [2.05, 4.69) is 6.92 Å². The van der Waals surface area contributed by atoms with Gasteiger partial charge in [-0.15, -0.1) is 0 Å². The van der Waals surface area contributed by atoms with Crippen molar-refractivity contribution in [3.05, 3.63) is 29.8 Å². The molecule has 88 valence electrons. The maximum absolute atomic E-state index is 11.2. The lowest BCUT2D eigenvalue weighted by molar-refractivity contribution is -0.122. The lowest BCUT2D eigenvalue weighted by Crippen LogP contribution is -2.24. The van der Waals surface area contributed by atoms with Crippen LogP contribution < -0.4 is 10.5 Å². The van der Waals surface area contributed by atoms with Crippen molar-refractivity contribution in [1.82, 2.24) is 0 Å². The summed E-state index contributed by atoms with van der Waals surface area (Å²) in [6.07, 6.45) is 2.50. The Morgan fingerprint density at radius 3 is 2.81 bits per heavy atom. The number of hydrogen-bond acceptors (Lipinski definition) is 2. The Balaban J connectivity index is 2.72. The Hall–Kier alpha value is -1.51. The van der Waals surface area contributed by atoms with Crippen LogP contribution >= 0.6 is 0 Å². The minimum absolute atomic E-state index is 0.0721. The van der Waals surface area contributed by atoms with E-state index < -0.39 is 0 Å². The van der Waals surface area contributed by atoms with E-state index in [0.717, 1.165) is 24.2 Å². The van der Waals surface area contributed by atoms with Gasteiger partial charge in [0.05, 0.1) is 7.11 Å². The van der Waals surface area contributed by atoms with E-state index in [1.165, 1.54) is 0 Å². The number of amides is 1. The maximum atomic E-state index is 11.2. The molecule has 1 amide bonds. The van der Waals surface area contributed by atoms with Crippen molar-refractivity contribution in [3.8, 4) is 5.75 Å². The summed E-state index contributed by atoms with van der Waals surface area (Å²) in [6.45, 7) is 2.06. The summed E-state index contributed by atoms with van der Waals surface area (Å²) >= 11 is 0. The van der Waals surface area contributed by atoms with E-state index in [-0.39, 0.29) is 11.8 Å². The third kappa shape index (κ3) is 3.57. The summed E-state index contributed by atoms with van der Waals surface area (Å²) in [5.74, 6) is 0.527. The molecule has 16 heavy (non-hydrogen) atoms. The van der Waals surface area contributed by atoms with E-state index in [4.69, 9.17) is 10.5 Å². The fraction of sp³-hybridized carbons (Fsp3) is 0.462. The van der Waals surface area contributed by atoms with Crippen LogP contribution in [-0.4, -0.2) is 13.0 Å². The number of hydrogen-bond donors (Lipinski definition) is 1. The van der Waals surface area contributed by atoms with E-state index >= 15 is 0 Å². The quantitative estimate of drug-likeness (QED) is 0.800. The first kappa shape index (κ1) is 12.6. The summed E-state index contributed by atoms with van der Waals surface area (Å²) in [7, 11) is 1.64. The van der Waals surface area contributed by atoms with Crippen LogP contribution in [0.5, 0.6) is 5.75 Å². The first-order chi connectivity index (χ1) is 7.67. The second-order valence-electron chi connectivity index (χ2n) is 3.94. The average Bonchev–Trinajstić information content (AvgIpc) is 2.28. The molecule has 2 N–H and O–H groups in total. The molecular formula is C13H19NO2. The predicted molar refractivity (Wildman–Crippen MR) is 64.3 cm³/mol. The number of carbonyl (C=O) groups excluding carboxylic acids is 1. The second kappa shape index (κ2) is 6.16. The predicted octanol–water partition coefficient (Wildman–Crippen LogP) is 2.14. The lowest BCUT2D eigenvalue weighted by Gasteiger charge is -2.12. The topological polar surface area (TPSA) is 52.3 Å². The Kier molecular flexibility index (Phi) is 4.83. The lowest BCUT2D eigenvalue weighted by atomic mass is 9.94. The van der Waals surface area contributed by atoms with Crippen LogP contribution in [0, 0.1) is 5.92 Å². The van der Waals surface area contributed by atoms with Crippen molar-refractivity contribution in [3.63, 3.8) is 0 Å². The summed E-state index contributed by atoms with van der Waals surface area (Å²) in [4.78, 5) is 11.2. The van der Waals surface area contributed by atoms with Gasteiger partial charge in [-0.2, -0.15) is 0 Å². The van der Waals surface area contributed by atoms with Crippen molar-refractivity contribution in [1.29, 1.82) is 0 Å². The number of carbonyl (C=O) groups is 1. The first-order valence-electron chi connectivity index (χ1n) is 5.59. The van der Waals surface area contributed by atoms with Gasteiger partial charge in [0, 0.05) is 5.92 Å². The Morgan fingerprint density at radius 2 is 2.25 bits per heavy atom. The molecule has 0 aliphatic rings. The van der Waals surface area contributed by atoms with Gasteiger partial charge in [-0.1, -0.05) is 25.5 Å². The van der Waals surface area contributed by atoms with Crippen LogP contribution in [-0.2, 0) is 11.2 Å². The van der Waals surface area contributed by atoms with E-state index in [1.807, 2.05) is 24.3 Å². The Labute approximate surface area is 96.6 Å². The van der Waals surface area contributed by atoms with Gasteiger partial charge in [0.2, 0.25) is 5.91 Å². The molecule has 0 aliphatic carbocycles. The molecule has 0 fully saturated rings. The van der Waals surface area contributed by atoms with Gasteiger partial charge in [0.1, 0.15) is 5.75 Å². The number of methoxy groups -OCH3 is 1. The summed E-state index contributed by atoms with van der Waals surface area (Å²) in [5.41, 5.74) is 6.47. The van der Waals surface area contributed by atoms with Gasteiger partial charge in [-0.25, -0.2) is 0 Å². The highest BCUT2D eigenvalue weighted by atomic mass is 16.5. The maximum Gasteiger partial charge on any atom is 0.220 e. The fourth-order valence-corrected chi connectivity index (χ4v) is 1.78. The molecular weight excluding hydrogens is 202 g/mol. The van der Waals surface area contributed by atoms with Crippen LogP contribution in [0.2, 0.25) is 0 Å². The van der Waals surface area contributed by atoms with Gasteiger partial charge in [-0.05, 0) is 30.5 Å². The first-order valence-corrected chi connectivity index (χ1v) is 5.59. The van der Waals surface area contributed by atoms with Crippen LogP contribution in [0.15, 0.2) is 24.3 Å². The molecule has 1 rings (SSSR count). The summed E-state index contributed by atoms with van der Waals surface area (Å²) in [5, 5.41) is 0. The third-order valence-corrected chi connectivity index (χ3v) is 2.66. The molecule has 0 saturated heterocycles. The van der Waals surface area contributed by atoms with Crippen LogP contribution in [0.25, 0.3) is 0 Å². The zero-order chi connectivity index (χ0) is 12.0. The molecule has 0 bridgehead atoms. The van der Waals surface area contributed by atoms with Crippen molar-refractivity contribution in [2.75, 3.05) is 7.11 Å². The molecule has 0 radical (unpaired) electrons. The van der Waals surface area contributed by atoms with Crippen molar-refractivity contribution in [2.24, 2.45) is 11.7 Å². The summed E-state index contributed by atoms with van der Waals surface area (Å²) < 4.78 is 5.14. The fourth-order valence-electron chi connectivity index (χ4n) is 1.78. The van der Waals surface area contributed by atoms with Gasteiger partial charge in [0.15, 0.2) is 0 Å². The van der Waals surface area contributed by atoms with Gasteiger partial charge >= 0.3 is 0 Å². The van der Waals surface area contributed by atoms with E-state index in [0.29, 0.717) is 6.42 Å². The van der Waals surface area contributed by atoms with Crippen LogP contribution in [0.4, 0.5) is 0 Å². The largest absolute Gasteiger partial charge is 0.497 e. The Bertz CT molecular complexity index is 350. The normalized spacial score (nSPS) is 12.1. The molecule has 1 aromatic rings. The molecule has 3 heteroatoms. The van der Waals surface area contributed by atoms with Gasteiger partial charge in [0.25, 0.3) is 0 Å². The van der Waals surface area contributed by atoms with Gasteiger partial charge in [-0.3, -0.25) is 4.79 Å². The standard InChI is InChI=1S/C13H19NO2/c1-3-5-11(13(14)15)8-10-6-4-7-12(9-10)16-2/h4,6-7,9,11H,3,5,8H2,1-2H3,(H2,14,15). The average molecular weight is 221 g/mol. The number of rotatable bonds is 6. The molecule has 1 atom stereocenters. The minimum atomic E-state index is -0.218. The number of benzene rings is 1. The molecule has 3 nitrogen and oxygen atoms in total. The number of ether oxygens (including phenoxy) is 1. The van der Waals surface area contributed by atoms with E-state index in [1.54, 1.807) is 7.11 Å². The highest BCUT2D eigenvalue weighted by molar-refractivity contribution is 5.76. The molecule has 0 heterocycles. The number of nitrogens with two attached hydrogens (primary N) is 1. The molecule has 0 aliphatic heterocycles. The zero-order valence-electron chi connectivity index (χ0n) is 9.90. The molecule has 0 aromatic heterocycles. The zero-order valence-corrected chi connectivity index (χ0v) is 9.90. The molecule has 0 spiro atoms. The van der Waals surface area contributed by atoms with Crippen molar-refractivity contribution in [2.45, 2.75) is 26.2 Å². The van der Waals surface area contributed by atoms with Crippen molar-refractivity contribution >= 4 is 5.91 Å². The van der Waals surface area contributed by atoms with Crippen molar-refractivity contribution < 1.29 is 9.53 Å². The van der Waals surface area contributed by atoms with Crippen LogP contribution in [0.1, 0.15) is 25.3 Å². The summed E-state index contributed by atoms with van der Waals surface area (Å²) in [6, 6.07) is 7.76. The minimum Gasteiger partial charge on any atom is -0.497 e. The number of primary amides is 1. The molecule has 1 aromatic carbocycles. The SMILES string of the molecule is CCCC(Cc1cccc(OC)c1)C(N)=O.